The summed E-state index contributed by atoms with van der Waals surface area (Å²) in [5.74, 6) is 0. The summed E-state index contributed by atoms with van der Waals surface area (Å²) in [7, 11) is 0. The fraction of sp³-hybridized carbons (Fsp3) is 0.111. The van der Waals surface area contributed by atoms with Crippen LogP contribution in [-0.2, 0) is 6.42 Å². The highest BCUT2D eigenvalue weighted by atomic mass is 32.2. The number of para-hydroxylation sites is 1. The van der Waals surface area contributed by atoms with Gasteiger partial charge in [0.15, 0.2) is 0 Å². The van der Waals surface area contributed by atoms with Crippen molar-refractivity contribution in [1.29, 1.82) is 0 Å². The van der Waals surface area contributed by atoms with Crippen molar-refractivity contribution < 1.29 is 0 Å². The van der Waals surface area contributed by atoms with Gasteiger partial charge < -0.3 is 0 Å². The maximum atomic E-state index is 12.4. The lowest BCUT2D eigenvalue weighted by atomic mass is 10.2. The summed E-state index contributed by atoms with van der Waals surface area (Å²) in [6.45, 7) is 1.92. The van der Waals surface area contributed by atoms with Gasteiger partial charge in [0.1, 0.15) is 0 Å². The lowest BCUT2D eigenvalue weighted by Gasteiger charge is -2.15. The summed E-state index contributed by atoms with van der Waals surface area (Å²) in [6, 6.07) is 19.1. The molecule has 0 saturated carbocycles. The molecule has 0 atom stereocenters. The minimum Gasteiger partial charge on any atom is -0.273 e. The molecule has 3 rings (SSSR count). The number of H-pyrrole nitrogens is 1. The Hall–Kier alpha value is -2.53. The Bertz CT molecular complexity index is 915. The monoisotopic (exact) mass is 324 g/mol. The average molecular weight is 324 g/mol. The van der Waals surface area contributed by atoms with E-state index in [4.69, 9.17) is 0 Å². The van der Waals surface area contributed by atoms with E-state index in [2.05, 4.69) is 4.98 Å². The number of hydrogen-bond acceptors (Lipinski definition) is 3. The Morgan fingerprint density at radius 3 is 2.17 bits per heavy atom. The largest absolute Gasteiger partial charge is 0.333 e. The van der Waals surface area contributed by atoms with E-state index in [0.29, 0.717) is 17.0 Å². The number of hydrogen-bond donors (Lipinski definition) is 1. The van der Waals surface area contributed by atoms with Gasteiger partial charge in [0.05, 0.1) is 10.7 Å². The van der Waals surface area contributed by atoms with E-state index in [-0.39, 0.29) is 5.56 Å². The van der Waals surface area contributed by atoms with Gasteiger partial charge in [-0.15, -0.1) is 0 Å². The van der Waals surface area contributed by atoms with Crippen molar-refractivity contribution >= 4 is 11.8 Å². The Morgan fingerprint density at radius 2 is 1.57 bits per heavy atom. The molecule has 0 saturated heterocycles. The molecule has 2 aromatic carbocycles. The molecule has 5 heteroatoms. The first-order valence-corrected chi connectivity index (χ1v) is 8.19. The second-order valence-electron chi connectivity index (χ2n) is 4.98. The van der Waals surface area contributed by atoms with E-state index < -0.39 is 5.69 Å². The van der Waals surface area contributed by atoms with Gasteiger partial charge in [0.25, 0.3) is 5.56 Å². The Labute approximate surface area is 137 Å². The van der Waals surface area contributed by atoms with Crippen LogP contribution in [0.1, 0.15) is 12.5 Å². The maximum absolute atomic E-state index is 12.4. The van der Waals surface area contributed by atoms with Crippen molar-refractivity contribution in [2.75, 3.05) is 0 Å². The predicted molar refractivity (Wildman–Crippen MR) is 92.6 cm³/mol. The van der Waals surface area contributed by atoms with E-state index in [1.54, 1.807) is 4.57 Å². The molecule has 4 nitrogen and oxygen atoms in total. The fourth-order valence-electron chi connectivity index (χ4n) is 2.38. The first-order chi connectivity index (χ1) is 11.2. The summed E-state index contributed by atoms with van der Waals surface area (Å²) in [5.41, 5.74) is 0.615. The molecule has 1 N–H and O–H groups in total. The van der Waals surface area contributed by atoms with Crippen LogP contribution in [0.15, 0.2) is 80.2 Å². The number of aromatic nitrogens is 2. The van der Waals surface area contributed by atoms with Crippen molar-refractivity contribution in [1.82, 2.24) is 9.55 Å². The van der Waals surface area contributed by atoms with Gasteiger partial charge in [-0.05, 0) is 30.7 Å². The first-order valence-electron chi connectivity index (χ1n) is 7.37. The number of nitrogens with one attached hydrogen (secondary N) is 1. The highest BCUT2D eigenvalue weighted by Crippen LogP contribution is 2.29. The highest BCUT2D eigenvalue weighted by molar-refractivity contribution is 7.99. The van der Waals surface area contributed by atoms with Gasteiger partial charge in [-0.25, -0.2) is 4.79 Å². The molecule has 0 aliphatic heterocycles. The van der Waals surface area contributed by atoms with Crippen LogP contribution in [0, 0.1) is 0 Å². The molecule has 0 aliphatic rings. The molecule has 116 valence electrons. The minimum absolute atomic E-state index is 0.317. The highest BCUT2D eigenvalue weighted by Gasteiger charge is 2.16. The summed E-state index contributed by atoms with van der Waals surface area (Å²) in [4.78, 5) is 28.0. The van der Waals surface area contributed by atoms with Crippen LogP contribution in [0.5, 0.6) is 0 Å². The molecule has 0 aliphatic carbocycles. The van der Waals surface area contributed by atoms with Crippen molar-refractivity contribution in [2.45, 2.75) is 23.3 Å². The molecular formula is C18H16N2O2S. The summed E-state index contributed by atoms with van der Waals surface area (Å²) in [6.07, 6.45) is 0.553. The summed E-state index contributed by atoms with van der Waals surface area (Å²) >= 11 is 1.43. The third-order valence-electron chi connectivity index (χ3n) is 3.48. The van der Waals surface area contributed by atoms with Crippen molar-refractivity contribution in [2.24, 2.45) is 0 Å². The maximum Gasteiger partial charge on any atom is 0.333 e. The van der Waals surface area contributed by atoms with E-state index in [9.17, 15) is 9.59 Å². The zero-order valence-corrected chi connectivity index (χ0v) is 13.5. The van der Waals surface area contributed by atoms with Crippen LogP contribution in [0.2, 0.25) is 0 Å². The zero-order valence-electron chi connectivity index (χ0n) is 12.7. The van der Waals surface area contributed by atoms with Gasteiger partial charge in [-0.3, -0.25) is 14.3 Å². The predicted octanol–water partition coefficient (Wildman–Crippen LogP) is 3.24. The third kappa shape index (κ3) is 3.14. The lowest BCUT2D eigenvalue weighted by molar-refractivity contribution is 0.768. The molecule has 0 amide bonds. The van der Waals surface area contributed by atoms with Crippen molar-refractivity contribution in [3.8, 4) is 5.69 Å². The SMILES string of the molecule is CCc1c(Sc2ccccc2)n(-c2ccccc2)c(=O)[nH]c1=O. The molecule has 0 bridgehead atoms. The summed E-state index contributed by atoms with van der Waals surface area (Å²) < 4.78 is 1.57. The molecule has 0 radical (unpaired) electrons. The Balaban J connectivity index is 2.26. The molecule has 3 aromatic rings. The minimum atomic E-state index is -0.420. The van der Waals surface area contributed by atoms with Gasteiger partial charge in [-0.1, -0.05) is 55.1 Å². The molecular weight excluding hydrogens is 308 g/mol. The van der Waals surface area contributed by atoms with E-state index in [1.807, 2.05) is 67.6 Å². The number of benzene rings is 2. The second kappa shape index (κ2) is 6.71. The van der Waals surface area contributed by atoms with Gasteiger partial charge in [0, 0.05) is 10.5 Å². The fourth-order valence-corrected chi connectivity index (χ4v) is 3.54. The Morgan fingerprint density at radius 1 is 0.957 bits per heavy atom. The summed E-state index contributed by atoms with van der Waals surface area (Å²) in [5, 5.41) is 0.665. The molecule has 0 fully saturated rings. The number of rotatable bonds is 4. The van der Waals surface area contributed by atoms with Gasteiger partial charge in [-0.2, -0.15) is 0 Å². The second-order valence-corrected chi connectivity index (χ2v) is 6.04. The topological polar surface area (TPSA) is 54.9 Å². The van der Waals surface area contributed by atoms with Crippen LogP contribution in [0.4, 0.5) is 0 Å². The van der Waals surface area contributed by atoms with Crippen LogP contribution < -0.4 is 11.2 Å². The smallest absolute Gasteiger partial charge is 0.273 e. The van der Waals surface area contributed by atoms with Crippen LogP contribution in [-0.4, -0.2) is 9.55 Å². The standard InChI is InChI=1S/C18H16N2O2S/c1-2-15-16(21)19-18(22)20(13-9-5-3-6-10-13)17(15)23-14-11-7-4-8-12-14/h3-12H,2H2,1H3,(H,19,21,22). The van der Waals surface area contributed by atoms with Crippen LogP contribution in [0.25, 0.3) is 5.69 Å². The molecule has 0 spiro atoms. The molecule has 1 aromatic heterocycles. The quantitative estimate of drug-likeness (QED) is 0.750. The number of aromatic amines is 1. The Kier molecular flexibility index (Phi) is 4.48. The van der Waals surface area contributed by atoms with Crippen molar-refractivity contribution in [3.63, 3.8) is 0 Å². The lowest BCUT2D eigenvalue weighted by Crippen LogP contribution is -2.32. The van der Waals surface area contributed by atoms with E-state index in [1.165, 1.54) is 11.8 Å². The number of nitrogens with zero attached hydrogens (tertiary/aromatic N) is 1. The zero-order chi connectivity index (χ0) is 16.2. The van der Waals surface area contributed by atoms with Gasteiger partial charge in [0.2, 0.25) is 0 Å². The van der Waals surface area contributed by atoms with Crippen LogP contribution >= 0.6 is 11.8 Å². The van der Waals surface area contributed by atoms with E-state index in [0.717, 1.165) is 10.6 Å². The van der Waals surface area contributed by atoms with Gasteiger partial charge >= 0.3 is 5.69 Å². The van der Waals surface area contributed by atoms with E-state index >= 15 is 0 Å². The third-order valence-corrected chi connectivity index (χ3v) is 4.61. The van der Waals surface area contributed by atoms with Crippen LogP contribution in [0.3, 0.4) is 0 Å². The normalized spacial score (nSPS) is 10.7. The molecule has 0 unspecified atom stereocenters. The van der Waals surface area contributed by atoms with Crippen molar-refractivity contribution in [3.05, 3.63) is 87.1 Å². The molecule has 1 heterocycles. The molecule has 23 heavy (non-hydrogen) atoms. The first kappa shape index (κ1) is 15.4. The average Bonchev–Trinajstić information content (AvgIpc) is 2.57.